The van der Waals surface area contributed by atoms with Crippen LogP contribution in [-0.2, 0) is 16.0 Å². The maximum atomic E-state index is 13.3. The van der Waals surface area contributed by atoms with Gasteiger partial charge in [-0.1, -0.05) is 12.1 Å². The molecule has 0 atom stereocenters. The van der Waals surface area contributed by atoms with Crippen LogP contribution in [0, 0.1) is 5.82 Å². The Morgan fingerprint density at radius 2 is 2.00 bits per heavy atom. The summed E-state index contributed by atoms with van der Waals surface area (Å²) in [6, 6.07) is 3.37. The van der Waals surface area contributed by atoms with E-state index in [9.17, 15) is 22.4 Å². The summed E-state index contributed by atoms with van der Waals surface area (Å²) in [4.78, 5) is 11.1. The molecule has 0 radical (unpaired) electrons. The van der Waals surface area contributed by atoms with E-state index in [0.29, 0.717) is 0 Å². The number of rotatable bonds is 5. The predicted molar refractivity (Wildman–Crippen MR) is 58.0 cm³/mol. The van der Waals surface area contributed by atoms with Crippen molar-refractivity contribution in [1.82, 2.24) is 0 Å². The highest BCUT2D eigenvalue weighted by molar-refractivity contribution is 5.69. The van der Waals surface area contributed by atoms with Crippen molar-refractivity contribution in [2.24, 2.45) is 0 Å². The highest BCUT2D eigenvalue weighted by Gasteiger charge is 2.33. The van der Waals surface area contributed by atoms with Crippen LogP contribution in [0.5, 0.6) is 5.75 Å². The minimum Gasteiger partial charge on any atom is -0.466 e. The van der Waals surface area contributed by atoms with Gasteiger partial charge in [-0.15, -0.1) is 13.2 Å². The molecule has 0 fully saturated rings. The number of esters is 1. The molecule has 0 saturated carbocycles. The Balaban J connectivity index is 2.82. The predicted octanol–water partition coefficient (Wildman–Crippen LogP) is 3.22. The van der Waals surface area contributed by atoms with Crippen molar-refractivity contribution < 1.29 is 31.8 Å². The van der Waals surface area contributed by atoms with Crippen LogP contribution >= 0.6 is 0 Å². The third-order valence-corrected chi connectivity index (χ3v) is 2.17. The summed E-state index contributed by atoms with van der Waals surface area (Å²) in [5.74, 6) is -2.59. The number of halogens is 4. The van der Waals surface area contributed by atoms with Gasteiger partial charge in [-0.2, -0.15) is 0 Å². The lowest BCUT2D eigenvalue weighted by atomic mass is 10.1. The Morgan fingerprint density at radius 1 is 1.32 bits per heavy atom. The fourth-order valence-electron chi connectivity index (χ4n) is 1.45. The number of aryl methyl sites for hydroxylation is 1. The summed E-state index contributed by atoms with van der Waals surface area (Å²) in [5, 5.41) is 0. The molecule has 0 aromatic heterocycles. The molecule has 0 unspecified atom stereocenters. The molecular formula is C12H12F4O3. The maximum absolute atomic E-state index is 13.3. The molecule has 1 rings (SSSR count). The summed E-state index contributed by atoms with van der Waals surface area (Å²) >= 11 is 0. The molecule has 0 N–H and O–H groups in total. The van der Waals surface area contributed by atoms with Gasteiger partial charge in [-0.05, 0) is 25.0 Å². The van der Waals surface area contributed by atoms with Gasteiger partial charge in [0.1, 0.15) is 0 Å². The van der Waals surface area contributed by atoms with Crippen LogP contribution in [0.4, 0.5) is 17.6 Å². The van der Waals surface area contributed by atoms with E-state index in [-0.39, 0.29) is 25.0 Å². The number of ether oxygens (including phenoxy) is 2. The molecular weight excluding hydrogens is 268 g/mol. The van der Waals surface area contributed by atoms with Crippen LogP contribution < -0.4 is 4.74 Å². The fraction of sp³-hybridized carbons (Fsp3) is 0.417. The lowest BCUT2D eigenvalue weighted by Gasteiger charge is -2.13. The van der Waals surface area contributed by atoms with Gasteiger partial charge >= 0.3 is 12.3 Å². The standard InChI is InChI=1S/C12H12F4O3/c1-2-18-10(17)7-6-8-4-3-5-9(13)11(8)19-12(14,15)16/h3-5H,2,6-7H2,1H3. The summed E-state index contributed by atoms with van der Waals surface area (Å²) in [6.45, 7) is 1.78. The van der Waals surface area contributed by atoms with Crippen molar-refractivity contribution >= 4 is 5.97 Å². The number of para-hydroxylation sites is 1. The Kier molecular flexibility index (Phi) is 5.14. The number of benzene rings is 1. The Hall–Kier alpha value is -1.79. The second-order valence-corrected chi connectivity index (χ2v) is 3.58. The van der Waals surface area contributed by atoms with Gasteiger partial charge in [-0.3, -0.25) is 4.79 Å². The Labute approximate surface area is 107 Å². The van der Waals surface area contributed by atoms with Gasteiger partial charge in [0.2, 0.25) is 0 Å². The molecule has 106 valence electrons. The van der Waals surface area contributed by atoms with Crippen LogP contribution in [0.2, 0.25) is 0 Å². The van der Waals surface area contributed by atoms with E-state index >= 15 is 0 Å². The third kappa shape index (κ3) is 5.15. The van der Waals surface area contributed by atoms with E-state index in [1.54, 1.807) is 6.92 Å². The topological polar surface area (TPSA) is 35.5 Å². The van der Waals surface area contributed by atoms with Crippen molar-refractivity contribution in [2.75, 3.05) is 6.61 Å². The minimum absolute atomic E-state index is 0.0367. The molecule has 7 heteroatoms. The highest BCUT2D eigenvalue weighted by atomic mass is 19.4. The summed E-state index contributed by atoms with van der Waals surface area (Å²) in [5.41, 5.74) is -0.0367. The van der Waals surface area contributed by atoms with Crippen molar-refractivity contribution in [1.29, 1.82) is 0 Å². The molecule has 19 heavy (non-hydrogen) atoms. The number of carbonyl (C=O) groups is 1. The molecule has 1 aromatic carbocycles. The normalized spacial score (nSPS) is 11.2. The zero-order chi connectivity index (χ0) is 14.5. The number of alkyl halides is 3. The SMILES string of the molecule is CCOC(=O)CCc1cccc(F)c1OC(F)(F)F. The van der Waals surface area contributed by atoms with Crippen molar-refractivity contribution in [3.63, 3.8) is 0 Å². The van der Waals surface area contributed by atoms with Gasteiger partial charge in [0, 0.05) is 6.42 Å². The van der Waals surface area contributed by atoms with E-state index in [1.165, 1.54) is 12.1 Å². The van der Waals surface area contributed by atoms with Gasteiger partial charge in [0.05, 0.1) is 6.61 Å². The van der Waals surface area contributed by atoms with Crippen LogP contribution in [-0.4, -0.2) is 18.9 Å². The smallest absolute Gasteiger partial charge is 0.466 e. The maximum Gasteiger partial charge on any atom is 0.573 e. The monoisotopic (exact) mass is 280 g/mol. The minimum atomic E-state index is -4.99. The Morgan fingerprint density at radius 3 is 2.58 bits per heavy atom. The van der Waals surface area contributed by atoms with E-state index in [2.05, 4.69) is 9.47 Å². The Bertz CT molecular complexity index is 443. The van der Waals surface area contributed by atoms with Gasteiger partial charge in [0.25, 0.3) is 0 Å². The molecule has 0 bridgehead atoms. The molecule has 0 heterocycles. The van der Waals surface area contributed by atoms with Crippen molar-refractivity contribution in [3.05, 3.63) is 29.6 Å². The first kappa shape index (κ1) is 15.3. The lowest BCUT2D eigenvalue weighted by Crippen LogP contribution is -2.19. The molecule has 1 aromatic rings. The van der Waals surface area contributed by atoms with Gasteiger partial charge in [-0.25, -0.2) is 4.39 Å². The highest BCUT2D eigenvalue weighted by Crippen LogP contribution is 2.30. The lowest BCUT2D eigenvalue weighted by molar-refractivity contribution is -0.275. The largest absolute Gasteiger partial charge is 0.573 e. The van der Waals surface area contributed by atoms with Crippen LogP contribution in [0.3, 0.4) is 0 Å². The zero-order valence-corrected chi connectivity index (χ0v) is 10.1. The van der Waals surface area contributed by atoms with E-state index in [1.807, 2.05) is 0 Å². The first-order valence-electron chi connectivity index (χ1n) is 5.52. The quantitative estimate of drug-likeness (QED) is 0.613. The van der Waals surface area contributed by atoms with Crippen LogP contribution in [0.25, 0.3) is 0 Å². The molecule has 0 aliphatic rings. The number of carbonyl (C=O) groups excluding carboxylic acids is 1. The van der Waals surface area contributed by atoms with E-state index < -0.39 is 23.9 Å². The molecule has 0 aliphatic heterocycles. The fourth-order valence-corrected chi connectivity index (χ4v) is 1.45. The molecule has 0 saturated heterocycles. The van der Waals surface area contributed by atoms with E-state index in [0.717, 1.165) is 6.07 Å². The van der Waals surface area contributed by atoms with Crippen molar-refractivity contribution in [2.45, 2.75) is 26.1 Å². The van der Waals surface area contributed by atoms with Gasteiger partial charge < -0.3 is 9.47 Å². The average Bonchev–Trinajstić information content (AvgIpc) is 2.29. The summed E-state index contributed by atoms with van der Waals surface area (Å²) in [6.07, 6.45) is -5.23. The molecule has 0 aliphatic carbocycles. The number of hydrogen-bond donors (Lipinski definition) is 0. The number of hydrogen-bond acceptors (Lipinski definition) is 3. The molecule has 0 spiro atoms. The molecule has 3 nitrogen and oxygen atoms in total. The van der Waals surface area contributed by atoms with E-state index in [4.69, 9.17) is 0 Å². The van der Waals surface area contributed by atoms with Crippen LogP contribution in [0.15, 0.2) is 18.2 Å². The van der Waals surface area contributed by atoms with Crippen LogP contribution in [0.1, 0.15) is 18.9 Å². The summed E-state index contributed by atoms with van der Waals surface area (Å²) in [7, 11) is 0. The second kappa shape index (κ2) is 6.40. The molecule has 0 amide bonds. The van der Waals surface area contributed by atoms with Crippen molar-refractivity contribution in [3.8, 4) is 5.75 Å². The van der Waals surface area contributed by atoms with Gasteiger partial charge in [0.15, 0.2) is 11.6 Å². The average molecular weight is 280 g/mol. The first-order valence-corrected chi connectivity index (χ1v) is 5.52. The third-order valence-electron chi connectivity index (χ3n) is 2.17. The second-order valence-electron chi connectivity index (χ2n) is 3.58. The zero-order valence-electron chi connectivity index (χ0n) is 10.1. The summed E-state index contributed by atoms with van der Waals surface area (Å²) < 4.78 is 58.0. The first-order chi connectivity index (χ1) is 8.83.